The summed E-state index contributed by atoms with van der Waals surface area (Å²) in [5.74, 6) is 0.217. The van der Waals surface area contributed by atoms with E-state index in [0.29, 0.717) is 6.54 Å². The lowest BCUT2D eigenvalue weighted by Gasteiger charge is -2.26. The van der Waals surface area contributed by atoms with Crippen LogP contribution in [0.1, 0.15) is 42.6 Å². The molecule has 3 nitrogen and oxygen atoms in total. The van der Waals surface area contributed by atoms with E-state index in [4.69, 9.17) is 0 Å². The van der Waals surface area contributed by atoms with Gasteiger partial charge in [0, 0.05) is 6.54 Å². The van der Waals surface area contributed by atoms with E-state index in [1.165, 1.54) is 16.7 Å². The molecule has 0 radical (unpaired) electrons. The van der Waals surface area contributed by atoms with Crippen LogP contribution in [0, 0.1) is 13.8 Å². The Hall–Kier alpha value is -1.35. The second-order valence-corrected chi connectivity index (χ2v) is 5.08. The zero-order chi connectivity index (χ0) is 13.1. The molecule has 0 saturated carbocycles. The molecular formula is C15H22N2O. The number of hydrogen-bond acceptors (Lipinski definition) is 2. The van der Waals surface area contributed by atoms with E-state index in [0.717, 1.165) is 19.4 Å². The number of carbonyl (C=O) groups excluding carboxylic acids is 1. The molecule has 98 valence electrons. The Balaban J connectivity index is 2.25. The molecule has 18 heavy (non-hydrogen) atoms. The molecule has 1 aliphatic rings. The fourth-order valence-corrected chi connectivity index (χ4v) is 2.45. The number of nitrogens with zero attached hydrogens (tertiary/aromatic N) is 1. The summed E-state index contributed by atoms with van der Waals surface area (Å²) in [6.45, 7) is 7.66. The van der Waals surface area contributed by atoms with E-state index >= 15 is 0 Å². The molecule has 1 aliphatic heterocycles. The Bertz CT molecular complexity index is 442. The minimum atomic E-state index is 0.0592. The summed E-state index contributed by atoms with van der Waals surface area (Å²) in [5, 5.41) is 3.33. The van der Waals surface area contributed by atoms with Gasteiger partial charge < -0.3 is 4.90 Å². The van der Waals surface area contributed by atoms with Crippen molar-refractivity contribution in [1.29, 1.82) is 0 Å². The van der Waals surface area contributed by atoms with Gasteiger partial charge in [0.1, 0.15) is 6.17 Å². The second kappa shape index (κ2) is 5.53. The highest BCUT2D eigenvalue weighted by Gasteiger charge is 2.31. The fourth-order valence-electron chi connectivity index (χ4n) is 2.45. The lowest BCUT2D eigenvalue weighted by Crippen LogP contribution is -2.31. The van der Waals surface area contributed by atoms with Gasteiger partial charge in [0.15, 0.2) is 0 Å². The van der Waals surface area contributed by atoms with Gasteiger partial charge in [-0.25, -0.2) is 0 Å². The van der Waals surface area contributed by atoms with Crippen molar-refractivity contribution in [3.8, 4) is 0 Å². The monoisotopic (exact) mass is 246 g/mol. The number of aryl methyl sites for hydroxylation is 2. The highest BCUT2D eigenvalue weighted by molar-refractivity contribution is 5.81. The average molecular weight is 246 g/mol. The normalized spacial score (nSPS) is 19.6. The van der Waals surface area contributed by atoms with Gasteiger partial charge in [0.05, 0.1) is 6.54 Å². The van der Waals surface area contributed by atoms with Crippen LogP contribution in [-0.2, 0) is 4.79 Å². The van der Waals surface area contributed by atoms with Crippen LogP contribution in [0.25, 0.3) is 0 Å². The molecule has 1 N–H and O–H groups in total. The van der Waals surface area contributed by atoms with E-state index < -0.39 is 0 Å². The standard InChI is InChI=1S/C15H22N2O/c1-4-5-8-17-14(18)10-16-15(17)13-9-11(2)6-7-12(13)3/h6-7,9,15-16H,4-5,8,10H2,1-3H3. The molecule has 1 saturated heterocycles. The predicted molar refractivity (Wildman–Crippen MR) is 73.3 cm³/mol. The Morgan fingerprint density at radius 3 is 2.89 bits per heavy atom. The highest BCUT2D eigenvalue weighted by atomic mass is 16.2. The first-order valence-corrected chi connectivity index (χ1v) is 6.73. The largest absolute Gasteiger partial charge is 0.322 e. The average Bonchev–Trinajstić information content (AvgIpc) is 2.71. The van der Waals surface area contributed by atoms with Crippen molar-refractivity contribution in [2.45, 2.75) is 39.8 Å². The molecule has 0 aliphatic carbocycles. The summed E-state index contributed by atoms with van der Waals surface area (Å²) in [4.78, 5) is 13.9. The van der Waals surface area contributed by atoms with Gasteiger partial charge in [-0.15, -0.1) is 0 Å². The number of benzene rings is 1. The van der Waals surface area contributed by atoms with Gasteiger partial charge in [-0.2, -0.15) is 0 Å². The molecule has 1 fully saturated rings. The number of rotatable bonds is 4. The molecule has 2 rings (SSSR count). The van der Waals surface area contributed by atoms with Crippen LogP contribution in [0.4, 0.5) is 0 Å². The minimum absolute atomic E-state index is 0.0592. The summed E-state index contributed by atoms with van der Waals surface area (Å²) in [7, 11) is 0. The maximum absolute atomic E-state index is 11.9. The Labute approximate surface area is 109 Å². The third-order valence-corrected chi connectivity index (χ3v) is 3.56. The Kier molecular flexibility index (Phi) is 4.02. The molecule has 1 aromatic rings. The van der Waals surface area contributed by atoms with Crippen LogP contribution < -0.4 is 5.32 Å². The summed E-state index contributed by atoms with van der Waals surface area (Å²) in [5.41, 5.74) is 3.72. The number of carbonyl (C=O) groups is 1. The first kappa shape index (κ1) is 13.1. The van der Waals surface area contributed by atoms with E-state index in [1.54, 1.807) is 0 Å². The molecule has 1 unspecified atom stereocenters. The van der Waals surface area contributed by atoms with E-state index in [1.807, 2.05) is 4.90 Å². The number of hydrogen-bond donors (Lipinski definition) is 1. The summed E-state index contributed by atoms with van der Waals surface area (Å²) < 4.78 is 0. The van der Waals surface area contributed by atoms with Crippen LogP contribution in [0.15, 0.2) is 18.2 Å². The van der Waals surface area contributed by atoms with Crippen molar-refractivity contribution in [1.82, 2.24) is 10.2 Å². The van der Waals surface area contributed by atoms with E-state index in [-0.39, 0.29) is 12.1 Å². The zero-order valence-electron chi connectivity index (χ0n) is 11.5. The summed E-state index contributed by atoms with van der Waals surface area (Å²) >= 11 is 0. The molecule has 0 spiro atoms. The van der Waals surface area contributed by atoms with Gasteiger partial charge in [-0.1, -0.05) is 37.1 Å². The van der Waals surface area contributed by atoms with Crippen LogP contribution in [0.3, 0.4) is 0 Å². The molecule has 1 amide bonds. The zero-order valence-corrected chi connectivity index (χ0v) is 11.5. The minimum Gasteiger partial charge on any atom is -0.322 e. The van der Waals surface area contributed by atoms with Crippen molar-refractivity contribution < 1.29 is 4.79 Å². The lowest BCUT2D eigenvalue weighted by molar-refractivity contribution is -0.128. The summed E-state index contributed by atoms with van der Waals surface area (Å²) in [6.07, 6.45) is 2.24. The second-order valence-electron chi connectivity index (χ2n) is 5.08. The molecule has 0 bridgehead atoms. The van der Waals surface area contributed by atoms with Crippen molar-refractivity contribution in [2.75, 3.05) is 13.1 Å². The SMILES string of the molecule is CCCCN1C(=O)CNC1c1cc(C)ccc1C. The van der Waals surface area contributed by atoms with Crippen LogP contribution in [-0.4, -0.2) is 23.9 Å². The van der Waals surface area contributed by atoms with Crippen molar-refractivity contribution >= 4 is 5.91 Å². The van der Waals surface area contributed by atoms with Crippen molar-refractivity contribution in [3.63, 3.8) is 0 Å². The topological polar surface area (TPSA) is 32.3 Å². The molecule has 3 heteroatoms. The Morgan fingerprint density at radius 1 is 1.39 bits per heavy atom. The number of nitrogens with one attached hydrogen (secondary N) is 1. The fraction of sp³-hybridized carbons (Fsp3) is 0.533. The van der Waals surface area contributed by atoms with Gasteiger partial charge in [-0.3, -0.25) is 10.1 Å². The molecule has 0 aromatic heterocycles. The van der Waals surface area contributed by atoms with Crippen molar-refractivity contribution in [3.05, 3.63) is 34.9 Å². The quantitative estimate of drug-likeness (QED) is 0.885. The van der Waals surface area contributed by atoms with E-state index in [9.17, 15) is 4.79 Å². The first-order valence-electron chi connectivity index (χ1n) is 6.73. The third kappa shape index (κ3) is 2.56. The van der Waals surface area contributed by atoms with Gasteiger partial charge in [0.2, 0.25) is 5.91 Å². The molecule has 1 atom stereocenters. The molecule has 1 aromatic carbocycles. The number of amides is 1. The van der Waals surface area contributed by atoms with Gasteiger partial charge in [-0.05, 0) is 31.4 Å². The lowest BCUT2D eigenvalue weighted by atomic mass is 10.0. The van der Waals surface area contributed by atoms with Gasteiger partial charge in [0.25, 0.3) is 0 Å². The Morgan fingerprint density at radius 2 is 2.17 bits per heavy atom. The van der Waals surface area contributed by atoms with Crippen LogP contribution >= 0.6 is 0 Å². The summed E-state index contributed by atoms with van der Waals surface area (Å²) in [6, 6.07) is 6.43. The van der Waals surface area contributed by atoms with Crippen LogP contribution in [0.5, 0.6) is 0 Å². The smallest absolute Gasteiger partial charge is 0.238 e. The van der Waals surface area contributed by atoms with Crippen LogP contribution in [0.2, 0.25) is 0 Å². The first-order chi connectivity index (χ1) is 8.63. The van der Waals surface area contributed by atoms with Crippen molar-refractivity contribution in [2.24, 2.45) is 0 Å². The third-order valence-electron chi connectivity index (χ3n) is 3.56. The maximum Gasteiger partial charge on any atom is 0.238 e. The predicted octanol–water partition coefficient (Wildman–Crippen LogP) is 2.53. The molecular weight excluding hydrogens is 224 g/mol. The highest BCUT2D eigenvalue weighted by Crippen LogP contribution is 2.26. The van der Waals surface area contributed by atoms with E-state index in [2.05, 4.69) is 44.3 Å². The number of unbranched alkanes of at least 4 members (excludes halogenated alkanes) is 1. The molecule has 1 heterocycles. The van der Waals surface area contributed by atoms with Gasteiger partial charge >= 0.3 is 0 Å². The maximum atomic E-state index is 11.9.